The highest BCUT2D eigenvalue weighted by Crippen LogP contribution is 2.41. The van der Waals surface area contributed by atoms with Crippen LogP contribution < -0.4 is 11.5 Å². The zero-order chi connectivity index (χ0) is 14.0. The molecule has 0 amide bonds. The van der Waals surface area contributed by atoms with E-state index in [4.69, 9.17) is 11.5 Å². The maximum absolute atomic E-state index is 6.21. The Labute approximate surface area is 117 Å². The van der Waals surface area contributed by atoms with E-state index in [1.54, 1.807) is 0 Å². The highest BCUT2D eigenvalue weighted by Gasteiger charge is 2.14. The van der Waals surface area contributed by atoms with Crippen molar-refractivity contribution in [2.75, 3.05) is 11.5 Å². The average Bonchev–Trinajstić information content (AvgIpc) is 2.42. The number of benzene rings is 4. The molecule has 0 aliphatic rings. The summed E-state index contributed by atoms with van der Waals surface area (Å²) in [5.74, 6) is 0. The lowest BCUT2D eigenvalue weighted by molar-refractivity contribution is 1.53. The zero-order valence-electron chi connectivity index (χ0n) is 11.6. The summed E-state index contributed by atoms with van der Waals surface area (Å²) in [7, 11) is 0. The highest BCUT2D eigenvalue weighted by atomic mass is 14.6. The van der Waals surface area contributed by atoms with Gasteiger partial charge in [0.1, 0.15) is 0 Å². The Kier molecular flexibility index (Phi) is 2.01. The van der Waals surface area contributed by atoms with Crippen molar-refractivity contribution in [3.63, 3.8) is 0 Å². The lowest BCUT2D eigenvalue weighted by Gasteiger charge is -2.16. The first-order chi connectivity index (χ1) is 9.58. The summed E-state index contributed by atoms with van der Waals surface area (Å²) in [5, 5.41) is 7.25. The van der Waals surface area contributed by atoms with Crippen LogP contribution in [0.1, 0.15) is 11.1 Å². The van der Waals surface area contributed by atoms with Crippen LogP contribution in [0, 0.1) is 13.8 Å². The third-order valence-corrected chi connectivity index (χ3v) is 4.38. The fraction of sp³-hybridized carbons (Fsp3) is 0.111. The SMILES string of the molecule is Cc1cc(N)c2ccc3c(C)cc(N)c4ccc1c2c34. The molecule has 2 heteroatoms. The Hall–Kier alpha value is -2.48. The van der Waals surface area contributed by atoms with E-state index in [0.717, 1.165) is 22.1 Å². The van der Waals surface area contributed by atoms with Gasteiger partial charge < -0.3 is 11.5 Å². The molecule has 4 aromatic carbocycles. The van der Waals surface area contributed by atoms with Crippen molar-refractivity contribution in [3.8, 4) is 0 Å². The van der Waals surface area contributed by atoms with E-state index in [1.165, 1.54) is 32.7 Å². The predicted octanol–water partition coefficient (Wildman–Crippen LogP) is 4.37. The smallest absolute Gasteiger partial charge is 0.0397 e. The first-order valence-corrected chi connectivity index (χ1v) is 6.80. The Balaban J connectivity index is 2.47. The van der Waals surface area contributed by atoms with E-state index >= 15 is 0 Å². The topological polar surface area (TPSA) is 52.0 Å². The van der Waals surface area contributed by atoms with Gasteiger partial charge in [0.15, 0.2) is 0 Å². The van der Waals surface area contributed by atoms with Crippen molar-refractivity contribution in [2.24, 2.45) is 0 Å². The molecule has 0 aliphatic heterocycles. The van der Waals surface area contributed by atoms with Gasteiger partial charge in [0.2, 0.25) is 0 Å². The van der Waals surface area contributed by atoms with Crippen LogP contribution in [-0.2, 0) is 0 Å². The molecule has 0 saturated carbocycles. The summed E-state index contributed by atoms with van der Waals surface area (Å²) < 4.78 is 0. The number of hydrogen-bond acceptors (Lipinski definition) is 2. The van der Waals surface area contributed by atoms with Crippen LogP contribution in [-0.4, -0.2) is 0 Å². The van der Waals surface area contributed by atoms with Gasteiger partial charge in [-0.05, 0) is 58.7 Å². The minimum absolute atomic E-state index is 0.837. The van der Waals surface area contributed by atoms with Crippen LogP contribution in [0.5, 0.6) is 0 Å². The molecule has 0 aromatic heterocycles. The Morgan fingerprint density at radius 2 is 0.950 bits per heavy atom. The lowest BCUT2D eigenvalue weighted by Crippen LogP contribution is -1.95. The van der Waals surface area contributed by atoms with Crippen molar-refractivity contribution in [3.05, 3.63) is 47.5 Å². The Morgan fingerprint density at radius 1 is 0.600 bits per heavy atom. The van der Waals surface area contributed by atoms with Crippen molar-refractivity contribution < 1.29 is 0 Å². The van der Waals surface area contributed by atoms with Crippen LogP contribution in [0.2, 0.25) is 0 Å². The van der Waals surface area contributed by atoms with Gasteiger partial charge in [0, 0.05) is 22.1 Å². The second kappa shape index (κ2) is 3.54. The fourth-order valence-electron chi connectivity index (χ4n) is 3.41. The summed E-state index contributed by atoms with van der Waals surface area (Å²) in [6.45, 7) is 4.22. The maximum Gasteiger partial charge on any atom is 0.0397 e. The van der Waals surface area contributed by atoms with Gasteiger partial charge in [-0.25, -0.2) is 0 Å². The van der Waals surface area contributed by atoms with E-state index in [1.807, 2.05) is 0 Å². The molecule has 4 N–H and O–H groups in total. The van der Waals surface area contributed by atoms with Crippen LogP contribution in [0.3, 0.4) is 0 Å². The molecule has 4 rings (SSSR count). The number of nitrogens with two attached hydrogens (primary N) is 2. The van der Waals surface area contributed by atoms with Crippen LogP contribution in [0.15, 0.2) is 36.4 Å². The maximum atomic E-state index is 6.21. The first kappa shape index (κ1) is 11.4. The van der Waals surface area contributed by atoms with E-state index < -0.39 is 0 Å². The number of rotatable bonds is 0. The minimum atomic E-state index is 0.837. The molecule has 0 atom stereocenters. The fourth-order valence-corrected chi connectivity index (χ4v) is 3.41. The van der Waals surface area contributed by atoms with Gasteiger partial charge in [-0.15, -0.1) is 0 Å². The normalized spacial score (nSPS) is 11.9. The summed E-state index contributed by atoms with van der Waals surface area (Å²) in [5.41, 5.74) is 16.5. The molecule has 0 spiro atoms. The molecule has 98 valence electrons. The van der Waals surface area contributed by atoms with Crippen molar-refractivity contribution in [1.29, 1.82) is 0 Å². The van der Waals surface area contributed by atoms with Gasteiger partial charge in [-0.2, -0.15) is 0 Å². The average molecular weight is 260 g/mol. The molecule has 0 radical (unpaired) electrons. The molecule has 0 fully saturated rings. The number of aryl methyl sites for hydroxylation is 2. The zero-order valence-corrected chi connectivity index (χ0v) is 11.6. The van der Waals surface area contributed by atoms with Gasteiger partial charge in [-0.3, -0.25) is 0 Å². The van der Waals surface area contributed by atoms with Crippen LogP contribution in [0.25, 0.3) is 32.3 Å². The van der Waals surface area contributed by atoms with Gasteiger partial charge in [0.05, 0.1) is 0 Å². The van der Waals surface area contributed by atoms with Gasteiger partial charge in [-0.1, -0.05) is 24.3 Å². The molecule has 20 heavy (non-hydrogen) atoms. The Bertz CT molecular complexity index is 830. The van der Waals surface area contributed by atoms with Crippen LogP contribution >= 0.6 is 0 Å². The molecule has 0 saturated heterocycles. The Morgan fingerprint density at radius 3 is 1.35 bits per heavy atom. The van der Waals surface area contributed by atoms with Gasteiger partial charge >= 0.3 is 0 Å². The molecule has 0 bridgehead atoms. The minimum Gasteiger partial charge on any atom is -0.398 e. The number of nitrogen functional groups attached to an aromatic ring is 2. The molecule has 4 aromatic rings. The number of anilines is 2. The van der Waals surface area contributed by atoms with Gasteiger partial charge in [0.25, 0.3) is 0 Å². The van der Waals surface area contributed by atoms with E-state index in [9.17, 15) is 0 Å². The highest BCUT2D eigenvalue weighted by molar-refractivity contribution is 6.28. The second-order valence-electron chi connectivity index (χ2n) is 5.64. The summed E-state index contributed by atoms with van der Waals surface area (Å²) in [6, 6.07) is 12.7. The summed E-state index contributed by atoms with van der Waals surface area (Å²) >= 11 is 0. The molecule has 2 nitrogen and oxygen atoms in total. The largest absolute Gasteiger partial charge is 0.398 e. The third-order valence-electron chi connectivity index (χ3n) is 4.38. The lowest BCUT2D eigenvalue weighted by atomic mass is 9.89. The second-order valence-corrected chi connectivity index (χ2v) is 5.64. The third kappa shape index (κ3) is 1.23. The van der Waals surface area contributed by atoms with Crippen molar-refractivity contribution >= 4 is 43.7 Å². The first-order valence-electron chi connectivity index (χ1n) is 6.80. The quantitative estimate of drug-likeness (QED) is 0.364. The van der Waals surface area contributed by atoms with E-state index in [2.05, 4.69) is 50.2 Å². The van der Waals surface area contributed by atoms with Crippen LogP contribution in [0.4, 0.5) is 11.4 Å². The summed E-state index contributed by atoms with van der Waals surface area (Å²) in [6.07, 6.45) is 0. The standard InChI is InChI=1S/C18H16N2/c1-9-7-15(19)13-6-4-12-10(2)8-16(20)14-5-3-11(9)17(13)18(12)14/h3-8H,19-20H2,1-2H3. The van der Waals surface area contributed by atoms with Crippen molar-refractivity contribution in [1.82, 2.24) is 0 Å². The summed E-state index contributed by atoms with van der Waals surface area (Å²) in [4.78, 5) is 0. The molecular formula is C18H16N2. The monoisotopic (exact) mass is 260 g/mol. The predicted molar refractivity (Wildman–Crippen MR) is 88.4 cm³/mol. The van der Waals surface area contributed by atoms with Crippen molar-refractivity contribution in [2.45, 2.75) is 13.8 Å². The van der Waals surface area contributed by atoms with E-state index in [-0.39, 0.29) is 0 Å². The molecule has 0 heterocycles. The van der Waals surface area contributed by atoms with E-state index in [0.29, 0.717) is 0 Å². The molecule has 0 aliphatic carbocycles. The number of hydrogen-bond donors (Lipinski definition) is 2. The molecule has 0 unspecified atom stereocenters. The molecular weight excluding hydrogens is 244 g/mol.